The first-order valence-corrected chi connectivity index (χ1v) is 4.17. The number of halogens is 3. The monoisotopic (exact) mass is 234 g/mol. The van der Waals surface area contributed by atoms with Crippen LogP contribution in [0.5, 0.6) is 0 Å². The van der Waals surface area contributed by atoms with E-state index in [0.29, 0.717) is 0 Å². The summed E-state index contributed by atoms with van der Waals surface area (Å²) < 4.78 is 41.9. The van der Waals surface area contributed by atoms with Crippen molar-refractivity contribution in [1.29, 1.82) is 0 Å². The SMILES string of the molecule is COC(=O)c1cccc(C(F)(F)F)c1NN. The van der Waals surface area contributed by atoms with Gasteiger partial charge < -0.3 is 10.2 Å². The molecule has 0 atom stereocenters. The van der Waals surface area contributed by atoms with Crippen LogP contribution in [0.15, 0.2) is 18.2 Å². The molecule has 0 saturated heterocycles. The molecule has 0 amide bonds. The van der Waals surface area contributed by atoms with Crippen LogP contribution in [0.25, 0.3) is 0 Å². The molecule has 1 aromatic carbocycles. The number of nitrogens with one attached hydrogen (secondary N) is 1. The van der Waals surface area contributed by atoms with E-state index in [1.807, 2.05) is 5.43 Å². The maximum absolute atomic E-state index is 12.5. The minimum Gasteiger partial charge on any atom is -0.465 e. The largest absolute Gasteiger partial charge is 0.465 e. The summed E-state index contributed by atoms with van der Waals surface area (Å²) in [5.41, 5.74) is 0.0869. The van der Waals surface area contributed by atoms with Crippen LogP contribution in [0.1, 0.15) is 15.9 Å². The molecule has 0 saturated carbocycles. The Morgan fingerprint density at radius 1 is 1.44 bits per heavy atom. The molecule has 0 aliphatic carbocycles. The van der Waals surface area contributed by atoms with Gasteiger partial charge in [0.25, 0.3) is 0 Å². The van der Waals surface area contributed by atoms with Gasteiger partial charge in [-0.05, 0) is 12.1 Å². The lowest BCUT2D eigenvalue weighted by Crippen LogP contribution is -2.19. The van der Waals surface area contributed by atoms with Gasteiger partial charge in [-0.3, -0.25) is 5.84 Å². The van der Waals surface area contributed by atoms with E-state index in [4.69, 9.17) is 5.84 Å². The molecular weight excluding hydrogens is 225 g/mol. The molecule has 0 aliphatic heterocycles. The Kier molecular flexibility index (Phi) is 3.38. The zero-order valence-electron chi connectivity index (χ0n) is 8.26. The maximum Gasteiger partial charge on any atom is 0.418 e. The summed E-state index contributed by atoms with van der Waals surface area (Å²) in [5.74, 6) is 4.09. The number of hydrazine groups is 1. The van der Waals surface area contributed by atoms with Crippen molar-refractivity contribution in [1.82, 2.24) is 0 Å². The van der Waals surface area contributed by atoms with Crippen LogP contribution in [0.2, 0.25) is 0 Å². The van der Waals surface area contributed by atoms with Gasteiger partial charge in [-0.25, -0.2) is 4.79 Å². The van der Waals surface area contributed by atoms with Gasteiger partial charge in [-0.15, -0.1) is 0 Å². The Balaban J connectivity index is 3.38. The second kappa shape index (κ2) is 4.40. The number of anilines is 1. The predicted molar refractivity (Wildman–Crippen MR) is 50.6 cm³/mol. The summed E-state index contributed by atoms with van der Waals surface area (Å²) in [4.78, 5) is 11.2. The van der Waals surface area contributed by atoms with Crippen LogP contribution < -0.4 is 11.3 Å². The Morgan fingerprint density at radius 2 is 2.06 bits per heavy atom. The van der Waals surface area contributed by atoms with Gasteiger partial charge in [-0.1, -0.05) is 6.07 Å². The number of methoxy groups -OCH3 is 1. The van der Waals surface area contributed by atoms with E-state index in [1.54, 1.807) is 0 Å². The van der Waals surface area contributed by atoms with Crippen molar-refractivity contribution < 1.29 is 22.7 Å². The molecule has 0 heterocycles. The highest BCUT2D eigenvalue weighted by Crippen LogP contribution is 2.36. The number of ether oxygens (including phenoxy) is 1. The molecule has 1 aromatic rings. The first-order chi connectivity index (χ1) is 7.41. The van der Waals surface area contributed by atoms with E-state index in [0.717, 1.165) is 19.2 Å². The number of esters is 1. The third-order valence-corrected chi connectivity index (χ3v) is 1.92. The Hall–Kier alpha value is -1.76. The topological polar surface area (TPSA) is 64.3 Å². The normalized spacial score (nSPS) is 11.1. The van der Waals surface area contributed by atoms with E-state index in [-0.39, 0.29) is 5.56 Å². The van der Waals surface area contributed by atoms with Gasteiger partial charge in [0, 0.05) is 0 Å². The van der Waals surface area contributed by atoms with Gasteiger partial charge >= 0.3 is 12.1 Å². The summed E-state index contributed by atoms with van der Waals surface area (Å²) in [6.45, 7) is 0. The van der Waals surface area contributed by atoms with E-state index in [2.05, 4.69) is 4.74 Å². The number of carbonyl (C=O) groups is 1. The molecule has 0 radical (unpaired) electrons. The molecule has 7 heteroatoms. The standard InChI is InChI=1S/C9H9F3N2O2/c1-16-8(15)5-3-2-4-6(7(5)14-13)9(10,11)12/h2-4,14H,13H2,1H3. The van der Waals surface area contributed by atoms with E-state index in [1.165, 1.54) is 6.07 Å². The zero-order valence-corrected chi connectivity index (χ0v) is 8.26. The minimum absolute atomic E-state index is 0.264. The average molecular weight is 234 g/mol. The summed E-state index contributed by atoms with van der Waals surface area (Å²) >= 11 is 0. The number of nitrogens with two attached hydrogens (primary N) is 1. The molecule has 0 unspecified atom stereocenters. The number of hydrogen-bond donors (Lipinski definition) is 2. The van der Waals surface area contributed by atoms with Crippen LogP contribution in [0.4, 0.5) is 18.9 Å². The molecule has 0 fully saturated rings. The zero-order chi connectivity index (χ0) is 12.3. The number of carbonyl (C=O) groups excluding carboxylic acids is 1. The average Bonchev–Trinajstić information content (AvgIpc) is 2.25. The lowest BCUT2D eigenvalue weighted by molar-refractivity contribution is -0.137. The van der Waals surface area contributed by atoms with Gasteiger partial charge in [0.05, 0.1) is 23.9 Å². The third kappa shape index (κ3) is 2.25. The maximum atomic E-state index is 12.5. The summed E-state index contributed by atoms with van der Waals surface area (Å²) in [6.07, 6.45) is -4.59. The third-order valence-electron chi connectivity index (χ3n) is 1.92. The first kappa shape index (κ1) is 12.3. The highest BCUT2D eigenvalue weighted by atomic mass is 19.4. The van der Waals surface area contributed by atoms with Gasteiger partial charge in [0.2, 0.25) is 0 Å². The number of nitrogen functional groups attached to an aromatic ring is 1. The molecule has 0 aliphatic rings. The Morgan fingerprint density at radius 3 is 2.50 bits per heavy atom. The fourth-order valence-electron chi connectivity index (χ4n) is 1.22. The lowest BCUT2D eigenvalue weighted by atomic mass is 10.1. The number of benzene rings is 1. The van der Waals surface area contributed by atoms with Crippen molar-refractivity contribution in [2.45, 2.75) is 6.18 Å². The van der Waals surface area contributed by atoms with Gasteiger partial charge in [-0.2, -0.15) is 13.2 Å². The van der Waals surface area contributed by atoms with Crippen LogP contribution in [0.3, 0.4) is 0 Å². The summed E-state index contributed by atoms with van der Waals surface area (Å²) in [5, 5.41) is 0. The molecule has 1 rings (SSSR count). The minimum atomic E-state index is -4.59. The van der Waals surface area contributed by atoms with Crippen molar-refractivity contribution in [3.8, 4) is 0 Å². The summed E-state index contributed by atoms with van der Waals surface area (Å²) in [6, 6.07) is 3.12. The molecule has 0 bridgehead atoms. The highest BCUT2D eigenvalue weighted by Gasteiger charge is 2.35. The van der Waals surface area contributed by atoms with E-state index >= 15 is 0 Å². The number of hydrogen-bond acceptors (Lipinski definition) is 4. The van der Waals surface area contributed by atoms with Crippen molar-refractivity contribution in [2.75, 3.05) is 12.5 Å². The fraction of sp³-hybridized carbons (Fsp3) is 0.222. The molecule has 0 aromatic heterocycles. The highest BCUT2D eigenvalue weighted by molar-refractivity contribution is 5.96. The lowest BCUT2D eigenvalue weighted by Gasteiger charge is -2.14. The van der Waals surface area contributed by atoms with E-state index < -0.39 is 23.4 Å². The molecule has 4 nitrogen and oxygen atoms in total. The quantitative estimate of drug-likeness (QED) is 0.465. The van der Waals surface area contributed by atoms with E-state index in [9.17, 15) is 18.0 Å². The smallest absolute Gasteiger partial charge is 0.418 e. The number of para-hydroxylation sites is 1. The van der Waals surface area contributed by atoms with Crippen molar-refractivity contribution in [3.63, 3.8) is 0 Å². The molecule has 88 valence electrons. The number of rotatable bonds is 2. The fourth-order valence-corrected chi connectivity index (χ4v) is 1.22. The molecule has 16 heavy (non-hydrogen) atoms. The van der Waals surface area contributed by atoms with Crippen LogP contribution >= 0.6 is 0 Å². The van der Waals surface area contributed by atoms with Crippen LogP contribution in [-0.2, 0) is 10.9 Å². The molecular formula is C9H9F3N2O2. The number of alkyl halides is 3. The Bertz CT molecular complexity index is 404. The first-order valence-electron chi connectivity index (χ1n) is 4.17. The van der Waals surface area contributed by atoms with Crippen LogP contribution in [0, 0.1) is 0 Å². The molecule has 3 N–H and O–H groups in total. The molecule has 0 spiro atoms. The predicted octanol–water partition coefficient (Wildman–Crippen LogP) is 1.78. The van der Waals surface area contributed by atoms with Crippen LogP contribution in [-0.4, -0.2) is 13.1 Å². The van der Waals surface area contributed by atoms with Gasteiger partial charge in [0.1, 0.15) is 0 Å². The van der Waals surface area contributed by atoms with Crippen molar-refractivity contribution in [2.24, 2.45) is 5.84 Å². The second-order valence-electron chi connectivity index (χ2n) is 2.86. The Labute approximate surface area is 89.2 Å². The van der Waals surface area contributed by atoms with Crippen molar-refractivity contribution in [3.05, 3.63) is 29.3 Å². The summed E-state index contributed by atoms with van der Waals surface area (Å²) in [7, 11) is 1.07. The second-order valence-corrected chi connectivity index (χ2v) is 2.86. The van der Waals surface area contributed by atoms with Gasteiger partial charge in [0.15, 0.2) is 0 Å². The van der Waals surface area contributed by atoms with Crippen molar-refractivity contribution >= 4 is 11.7 Å².